The van der Waals surface area contributed by atoms with Crippen LogP contribution in [0.1, 0.15) is 10.4 Å². The Morgan fingerprint density at radius 1 is 1.10 bits per heavy atom. The Morgan fingerprint density at radius 3 is 2.48 bits per heavy atom. The molecule has 3 N–H and O–H groups in total. The number of carbonyl (C=O) groups excluding carboxylic acids is 1. The smallest absolute Gasteiger partial charge is 0.337 e. The number of benzene rings is 2. The van der Waals surface area contributed by atoms with Gasteiger partial charge in [0.05, 0.1) is 11.3 Å². The van der Waals surface area contributed by atoms with Gasteiger partial charge in [0.2, 0.25) is 0 Å². The summed E-state index contributed by atoms with van der Waals surface area (Å²) < 4.78 is 1.48. The molecule has 0 bridgehead atoms. The lowest BCUT2D eigenvalue weighted by molar-refractivity contribution is 0.0698. The van der Waals surface area contributed by atoms with Gasteiger partial charge < -0.3 is 15.7 Å². The van der Waals surface area contributed by atoms with Crippen molar-refractivity contribution in [3.63, 3.8) is 0 Å². The average molecular weight is 461 g/mol. The number of para-hydroxylation sites is 1. The van der Waals surface area contributed by atoms with Gasteiger partial charge in [-0.05, 0) is 68.9 Å². The second-order valence-corrected chi connectivity index (χ2v) is 6.16. The Bertz CT molecular complexity index is 706. The van der Waals surface area contributed by atoms with Crippen LogP contribution in [-0.4, -0.2) is 17.1 Å². The van der Waals surface area contributed by atoms with Crippen molar-refractivity contribution >= 4 is 61.9 Å². The zero-order valence-electron chi connectivity index (χ0n) is 10.6. The van der Waals surface area contributed by atoms with Gasteiger partial charge in [-0.1, -0.05) is 12.1 Å². The number of urea groups is 1. The first-order chi connectivity index (χ1) is 9.97. The Hall–Kier alpha value is -1.61. The first-order valence-corrected chi connectivity index (χ1v) is 7.70. The van der Waals surface area contributed by atoms with Crippen LogP contribution in [0.15, 0.2) is 46.9 Å². The van der Waals surface area contributed by atoms with Crippen molar-refractivity contribution < 1.29 is 14.7 Å². The molecule has 108 valence electrons. The van der Waals surface area contributed by atoms with Gasteiger partial charge in [-0.2, -0.15) is 0 Å². The highest BCUT2D eigenvalue weighted by atomic mass is 127. The van der Waals surface area contributed by atoms with E-state index in [0.29, 0.717) is 10.2 Å². The van der Waals surface area contributed by atoms with E-state index in [1.807, 2.05) is 12.1 Å². The van der Waals surface area contributed by atoms with Gasteiger partial charge in [-0.15, -0.1) is 0 Å². The van der Waals surface area contributed by atoms with E-state index >= 15 is 0 Å². The largest absolute Gasteiger partial charge is 0.478 e. The second-order valence-electron chi connectivity index (χ2n) is 4.06. The lowest BCUT2D eigenvalue weighted by atomic mass is 10.2. The highest BCUT2D eigenvalue weighted by Crippen LogP contribution is 2.26. The topological polar surface area (TPSA) is 78.4 Å². The van der Waals surface area contributed by atoms with E-state index in [1.165, 1.54) is 6.07 Å². The van der Waals surface area contributed by atoms with Crippen molar-refractivity contribution in [3.8, 4) is 0 Å². The number of aromatic carboxylic acids is 1. The van der Waals surface area contributed by atoms with Crippen molar-refractivity contribution in [1.82, 2.24) is 0 Å². The Balaban J connectivity index is 2.18. The van der Waals surface area contributed by atoms with Crippen molar-refractivity contribution in [2.75, 3.05) is 10.6 Å². The molecule has 0 saturated heterocycles. The van der Waals surface area contributed by atoms with Crippen LogP contribution in [-0.2, 0) is 0 Å². The number of rotatable bonds is 3. The van der Waals surface area contributed by atoms with Crippen LogP contribution in [0.4, 0.5) is 16.2 Å². The van der Waals surface area contributed by atoms with Crippen LogP contribution in [0.2, 0.25) is 0 Å². The summed E-state index contributed by atoms with van der Waals surface area (Å²) in [5.41, 5.74) is 0.860. The number of nitrogens with one attached hydrogen (secondary N) is 2. The molecule has 5 nitrogen and oxygen atoms in total. The molecule has 2 aromatic rings. The number of carboxylic acid groups (broad SMARTS) is 1. The minimum absolute atomic E-state index is 0.0159. The SMILES string of the molecule is O=C(Nc1cccc(I)c1)Nc1c(Br)cccc1C(=O)O. The van der Waals surface area contributed by atoms with E-state index in [1.54, 1.807) is 24.3 Å². The van der Waals surface area contributed by atoms with Crippen molar-refractivity contribution in [3.05, 3.63) is 56.1 Å². The van der Waals surface area contributed by atoms with Crippen LogP contribution < -0.4 is 10.6 Å². The minimum Gasteiger partial charge on any atom is -0.478 e. The zero-order chi connectivity index (χ0) is 15.4. The molecule has 21 heavy (non-hydrogen) atoms. The second kappa shape index (κ2) is 6.90. The molecule has 2 amide bonds. The summed E-state index contributed by atoms with van der Waals surface area (Å²) in [6.07, 6.45) is 0. The van der Waals surface area contributed by atoms with Gasteiger partial charge in [-0.25, -0.2) is 9.59 Å². The Labute approximate surface area is 143 Å². The van der Waals surface area contributed by atoms with Crippen molar-refractivity contribution in [2.45, 2.75) is 0 Å². The van der Waals surface area contributed by atoms with Crippen LogP contribution in [0.5, 0.6) is 0 Å². The van der Waals surface area contributed by atoms with Gasteiger partial charge in [0, 0.05) is 13.7 Å². The van der Waals surface area contributed by atoms with Gasteiger partial charge in [0.15, 0.2) is 0 Å². The fourth-order valence-electron chi connectivity index (χ4n) is 1.67. The maximum Gasteiger partial charge on any atom is 0.337 e. The summed E-state index contributed by atoms with van der Waals surface area (Å²) in [4.78, 5) is 23.1. The molecule has 0 unspecified atom stereocenters. The van der Waals surface area contributed by atoms with Crippen LogP contribution in [0.3, 0.4) is 0 Å². The molecule has 0 heterocycles. The first-order valence-electron chi connectivity index (χ1n) is 5.83. The molecule has 2 aromatic carbocycles. The number of amides is 2. The number of carboxylic acids is 1. The number of hydrogen-bond acceptors (Lipinski definition) is 2. The predicted octanol–water partition coefficient (Wildman–Crippen LogP) is 4.40. The van der Waals surface area contributed by atoms with Crippen molar-refractivity contribution in [2.24, 2.45) is 0 Å². The van der Waals surface area contributed by atoms with Crippen LogP contribution in [0, 0.1) is 3.57 Å². The monoisotopic (exact) mass is 460 g/mol. The zero-order valence-corrected chi connectivity index (χ0v) is 14.3. The molecule has 2 rings (SSSR count). The molecule has 0 aliphatic carbocycles. The summed E-state index contributed by atoms with van der Waals surface area (Å²) in [5, 5.41) is 14.3. The molecule has 0 aliphatic heterocycles. The normalized spacial score (nSPS) is 10.0. The Kier molecular flexibility index (Phi) is 5.18. The minimum atomic E-state index is -1.11. The lowest BCUT2D eigenvalue weighted by Gasteiger charge is -2.11. The number of halogens is 2. The highest BCUT2D eigenvalue weighted by molar-refractivity contribution is 14.1. The third-order valence-corrected chi connectivity index (χ3v) is 3.90. The number of hydrogen-bond donors (Lipinski definition) is 3. The van der Waals surface area contributed by atoms with Gasteiger partial charge >= 0.3 is 12.0 Å². The molecule has 0 radical (unpaired) electrons. The van der Waals surface area contributed by atoms with Gasteiger partial charge in [-0.3, -0.25) is 0 Å². The van der Waals surface area contributed by atoms with E-state index in [-0.39, 0.29) is 11.3 Å². The fourth-order valence-corrected chi connectivity index (χ4v) is 2.68. The van der Waals surface area contributed by atoms with E-state index in [9.17, 15) is 9.59 Å². The molecule has 0 atom stereocenters. The molecule has 0 spiro atoms. The molecule has 0 fully saturated rings. The quantitative estimate of drug-likeness (QED) is 0.594. The van der Waals surface area contributed by atoms with E-state index in [4.69, 9.17) is 5.11 Å². The third kappa shape index (κ3) is 4.18. The molecular weight excluding hydrogens is 451 g/mol. The highest BCUT2D eigenvalue weighted by Gasteiger charge is 2.15. The van der Waals surface area contributed by atoms with E-state index in [2.05, 4.69) is 49.2 Å². The van der Waals surface area contributed by atoms with E-state index < -0.39 is 12.0 Å². The average Bonchev–Trinajstić information content (AvgIpc) is 2.40. The van der Waals surface area contributed by atoms with Gasteiger partial charge in [0.25, 0.3) is 0 Å². The fraction of sp³-hybridized carbons (Fsp3) is 0. The summed E-state index contributed by atoms with van der Waals surface area (Å²) in [7, 11) is 0. The maximum atomic E-state index is 12.0. The number of carbonyl (C=O) groups is 2. The van der Waals surface area contributed by atoms with Gasteiger partial charge in [0.1, 0.15) is 0 Å². The summed E-state index contributed by atoms with van der Waals surface area (Å²) in [6.45, 7) is 0. The standard InChI is InChI=1S/C14H10BrIN2O3/c15-11-6-2-5-10(13(19)20)12(11)18-14(21)17-9-4-1-3-8(16)7-9/h1-7H,(H,19,20)(H2,17,18,21). The molecular formula is C14H10BrIN2O3. The predicted molar refractivity (Wildman–Crippen MR) is 92.9 cm³/mol. The van der Waals surface area contributed by atoms with Crippen LogP contribution in [0.25, 0.3) is 0 Å². The van der Waals surface area contributed by atoms with E-state index in [0.717, 1.165) is 3.57 Å². The first kappa shape index (κ1) is 15.8. The summed E-state index contributed by atoms with van der Waals surface area (Å²) >= 11 is 5.37. The third-order valence-electron chi connectivity index (χ3n) is 2.57. The maximum absolute atomic E-state index is 12.0. The number of anilines is 2. The molecule has 0 saturated carbocycles. The molecule has 0 aromatic heterocycles. The van der Waals surface area contributed by atoms with Crippen molar-refractivity contribution in [1.29, 1.82) is 0 Å². The Morgan fingerprint density at radius 2 is 1.81 bits per heavy atom. The summed E-state index contributed by atoms with van der Waals surface area (Å²) in [6, 6.07) is 11.4. The molecule has 7 heteroatoms. The molecule has 0 aliphatic rings. The van der Waals surface area contributed by atoms with Crippen LogP contribution >= 0.6 is 38.5 Å². The lowest BCUT2D eigenvalue weighted by Crippen LogP contribution is -2.21. The summed E-state index contributed by atoms with van der Waals surface area (Å²) in [5.74, 6) is -1.11.